The van der Waals surface area contributed by atoms with Crippen LogP contribution in [0, 0.1) is 0 Å². The van der Waals surface area contributed by atoms with E-state index in [4.69, 9.17) is 4.52 Å². The monoisotopic (exact) mass is 420 g/mol. The van der Waals surface area contributed by atoms with Gasteiger partial charge >= 0.3 is 0 Å². The Kier molecular flexibility index (Phi) is 6.61. The van der Waals surface area contributed by atoms with Crippen LogP contribution in [0.1, 0.15) is 36.3 Å². The van der Waals surface area contributed by atoms with Gasteiger partial charge in [-0.05, 0) is 30.0 Å². The van der Waals surface area contributed by atoms with Gasteiger partial charge in [0.1, 0.15) is 0 Å². The molecule has 0 saturated carbocycles. The van der Waals surface area contributed by atoms with Crippen LogP contribution in [0.25, 0.3) is 11.6 Å². The average molecular weight is 420 g/mol. The van der Waals surface area contributed by atoms with Gasteiger partial charge in [0.05, 0.1) is 0 Å². The molecule has 3 heterocycles. The molecule has 0 radical (unpaired) electrons. The van der Waals surface area contributed by atoms with Crippen LogP contribution in [0.3, 0.4) is 0 Å². The lowest BCUT2D eigenvalue weighted by Gasteiger charge is -2.29. The van der Waals surface area contributed by atoms with E-state index in [1.165, 1.54) is 11.1 Å². The first kappa shape index (κ1) is 20.6. The molecule has 160 valence electrons. The van der Waals surface area contributed by atoms with Gasteiger partial charge in [-0.3, -0.25) is 9.59 Å². The van der Waals surface area contributed by atoms with Crippen molar-refractivity contribution < 1.29 is 14.1 Å². The molecule has 0 fully saturated rings. The summed E-state index contributed by atoms with van der Waals surface area (Å²) in [5.41, 5.74) is 2.54. The number of nitrogens with zero attached hydrogens (tertiary/aromatic N) is 5. The van der Waals surface area contributed by atoms with E-state index in [1.54, 1.807) is 18.5 Å². The third-order valence-corrected chi connectivity index (χ3v) is 5.17. The highest BCUT2D eigenvalue weighted by Crippen LogP contribution is 2.19. The molecule has 4 rings (SSSR count). The second-order valence-electron chi connectivity index (χ2n) is 7.37. The molecule has 1 aromatic carbocycles. The summed E-state index contributed by atoms with van der Waals surface area (Å²) in [6.45, 7) is 1.88. The minimum atomic E-state index is -0.116. The van der Waals surface area contributed by atoms with Crippen LogP contribution in [-0.4, -0.2) is 49.9 Å². The zero-order valence-electron chi connectivity index (χ0n) is 17.2. The quantitative estimate of drug-likeness (QED) is 0.554. The van der Waals surface area contributed by atoms with Crippen LogP contribution in [0.2, 0.25) is 0 Å². The number of aryl methyl sites for hydroxylation is 1. The lowest BCUT2D eigenvalue weighted by molar-refractivity contribution is -0.132. The Morgan fingerprint density at radius 2 is 1.84 bits per heavy atom. The molecule has 31 heavy (non-hydrogen) atoms. The lowest BCUT2D eigenvalue weighted by Crippen LogP contribution is -2.36. The van der Waals surface area contributed by atoms with Crippen molar-refractivity contribution in [3.63, 3.8) is 0 Å². The topological polar surface area (TPSA) is 114 Å². The van der Waals surface area contributed by atoms with Gasteiger partial charge < -0.3 is 14.7 Å². The molecule has 0 unspecified atom stereocenters. The molecule has 2 aromatic heterocycles. The van der Waals surface area contributed by atoms with E-state index in [9.17, 15) is 9.59 Å². The number of aromatic nitrogens is 4. The second kappa shape index (κ2) is 9.92. The van der Waals surface area contributed by atoms with Gasteiger partial charge in [-0.15, -0.1) is 0 Å². The standard InChI is InChI=1S/C22H24N6O3/c29-18(8-9-19-26-22(27-31-19)21-24-12-4-13-25-21)23-11-3-7-20(30)28-14-10-16-5-1-2-6-17(16)15-28/h1-2,4-6,12-13H,3,7-11,14-15H2,(H,23,29). The van der Waals surface area contributed by atoms with Crippen LogP contribution in [0.4, 0.5) is 0 Å². The number of fused-ring (bicyclic) bond motifs is 1. The van der Waals surface area contributed by atoms with Crippen molar-refractivity contribution in [3.05, 3.63) is 59.7 Å². The average Bonchev–Trinajstić information content (AvgIpc) is 3.30. The number of carbonyl (C=O) groups is 2. The molecule has 0 spiro atoms. The summed E-state index contributed by atoms with van der Waals surface area (Å²) in [5.74, 6) is 1.05. The van der Waals surface area contributed by atoms with Gasteiger partial charge in [-0.2, -0.15) is 4.98 Å². The molecule has 1 aliphatic rings. The van der Waals surface area contributed by atoms with E-state index in [2.05, 4.69) is 37.6 Å². The number of rotatable bonds is 8. The summed E-state index contributed by atoms with van der Waals surface area (Å²) >= 11 is 0. The molecule has 0 aliphatic carbocycles. The largest absolute Gasteiger partial charge is 0.356 e. The van der Waals surface area contributed by atoms with Crippen molar-refractivity contribution in [3.8, 4) is 11.6 Å². The predicted octanol–water partition coefficient (Wildman–Crippen LogP) is 1.94. The van der Waals surface area contributed by atoms with Crippen LogP contribution in [0.15, 0.2) is 47.2 Å². The van der Waals surface area contributed by atoms with Gasteiger partial charge in [0, 0.05) is 51.3 Å². The zero-order chi connectivity index (χ0) is 21.5. The maximum absolute atomic E-state index is 12.5. The van der Waals surface area contributed by atoms with Crippen molar-refractivity contribution in [2.24, 2.45) is 0 Å². The van der Waals surface area contributed by atoms with Gasteiger partial charge in [0.25, 0.3) is 0 Å². The van der Waals surface area contributed by atoms with Crippen LogP contribution in [0.5, 0.6) is 0 Å². The van der Waals surface area contributed by atoms with Crippen molar-refractivity contribution in [2.75, 3.05) is 13.1 Å². The highest BCUT2D eigenvalue weighted by Gasteiger charge is 2.20. The van der Waals surface area contributed by atoms with Crippen molar-refractivity contribution in [1.29, 1.82) is 0 Å². The molecule has 3 aromatic rings. The molecule has 2 amide bonds. The summed E-state index contributed by atoms with van der Waals surface area (Å²) in [6, 6.07) is 9.94. The van der Waals surface area contributed by atoms with E-state index in [1.807, 2.05) is 17.0 Å². The third kappa shape index (κ3) is 5.50. The number of carbonyl (C=O) groups excluding carboxylic acids is 2. The Morgan fingerprint density at radius 3 is 2.68 bits per heavy atom. The lowest BCUT2D eigenvalue weighted by atomic mass is 9.99. The van der Waals surface area contributed by atoms with Crippen LogP contribution >= 0.6 is 0 Å². The van der Waals surface area contributed by atoms with E-state index < -0.39 is 0 Å². The van der Waals surface area contributed by atoms with Crippen molar-refractivity contribution in [2.45, 2.75) is 38.6 Å². The van der Waals surface area contributed by atoms with Crippen molar-refractivity contribution >= 4 is 11.8 Å². The minimum absolute atomic E-state index is 0.116. The summed E-state index contributed by atoms with van der Waals surface area (Å²) < 4.78 is 5.15. The molecule has 0 saturated heterocycles. The third-order valence-electron chi connectivity index (χ3n) is 5.17. The second-order valence-corrected chi connectivity index (χ2v) is 7.37. The van der Waals surface area contributed by atoms with Crippen molar-refractivity contribution in [1.82, 2.24) is 30.3 Å². The predicted molar refractivity (Wildman–Crippen MR) is 111 cm³/mol. The molecule has 0 atom stereocenters. The Hall–Kier alpha value is -3.62. The fourth-order valence-corrected chi connectivity index (χ4v) is 3.50. The summed E-state index contributed by atoms with van der Waals surface area (Å²) in [6.07, 6.45) is 5.69. The Balaban J connectivity index is 1.14. The van der Waals surface area contributed by atoms with Gasteiger partial charge in [-0.1, -0.05) is 29.4 Å². The Labute approximate surface area is 179 Å². The maximum Gasteiger partial charge on any atom is 0.240 e. The number of nitrogens with one attached hydrogen (secondary N) is 1. The highest BCUT2D eigenvalue weighted by atomic mass is 16.5. The number of benzene rings is 1. The van der Waals surface area contributed by atoms with Crippen LogP contribution in [-0.2, 0) is 29.0 Å². The zero-order valence-corrected chi connectivity index (χ0v) is 17.2. The van der Waals surface area contributed by atoms with E-state index in [0.717, 1.165) is 13.0 Å². The smallest absolute Gasteiger partial charge is 0.240 e. The van der Waals surface area contributed by atoms with Gasteiger partial charge in [-0.25, -0.2) is 9.97 Å². The Morgan fingerprint density at radius 1 is 1.03 bits per heavy atom. The van der Waals surface area contributed by atoms with E-state index >= 15 is 0 Å². The molecule has 1 aliphatic heterocycles. The van der Waals surface area contributed by atoms with E-state index in [0.29, 0.717) is 49.9 Å². The fraction of sp³-hybridized carbons (Fsp3) is 0.364. The molecule has 1 N–H and O–H groups in total. The fourth-order valence-electron chi connectivity index (χ4n) is 3.50. The molecule has 9 heteroatoms. The highest BCUT2D eigenvalue weighted by molar-refractivity contribution is 5.77. The van der Waals surface area contributed by atoms with Gasteiger partial charge in [0.15, 0.2) is 0 Å². The van der Waals surface area contributed by atoms with Gasteiger partial charge in [0.2, 0.25) is 29.4 Å². The number of hydrogen-bond donors (Lipinski definition) is 1. The molecule has 9 nitrogen and oxygen atoms in total. The number of hydrogen-bond acceptors (Lipinski definition) is 7. The summed E-state index contributed by atoms with van der Waals surface area (Å²) in [4.78, 5) is 38.7. The Bertz CT molecular complexity index is 1040. The number of amides is 2. The van der Waals surface area contributed by atoms with Crippen LogP contribution < -0.4 is 5.32 Å². The first-order chi connectivity index (χ1) is 15.2. The summed E-state index contributed by atoms with van der Waals surface area (Å²) in [7, 11) is 0. The summed E-state index contributed by atoms with van der Waals surface area (Å²) in [5, 5.41) is 6.67. The minimum Gasteiger partial charge on any atom is -0.356 e. The molecular formula is C22H24N6O3. The first-order valence-electron chi connectivity index (χ1n) is 10.4. The first-order valence-corrected chi connectivity index (χ1v) is 10.4. The SMILES string of the molecule is O=C(CCc1nc(-c2ncccn2)no1)NCCCC(=O)N1CCc2ccccc2C1. The normalized spacial score (nSPS) is 13.0. The molecule has 0 bridgehead atoms. The van der Waals surface area contributed by atoms with E-state index in [-0.39, 0.29) is 18.2 Å². The molecular weight excluding hydrogens is 396 g/mol. The maximum atomic E-state index is 12.5.